The molecule has 32 heavy (non-hydrogen) atoms. The van der Waals surface area contributed by atoms with Crippen LogP contribution in [0.1, 0.15) is 46.0 Å². The Labute approximate surface area is 190 Å². The lowest BCUT2D eigenvalue weighted by Crippen LogP contribution is -2.76. The number of rotatable bonds is 5. The predicted molar refractivity (Wildman–Crippen MR) is 116 cm³/mol. The Bertz CT molecular complexity index is 807. The van der Waals surface area contributed by atoms with E-state index in [-0.39, 0.29) is 58.7 Å². The first-order valence-corrected chi connectivity index (χ1v) is 12.6. The largest absolute Gasteiger partial charge is 0.462 e. The molecule has 12 atom stereocenters. The first kappa shape index (κ1) is 21.8. The predicted octanol–water partition coefficient (Wildman–Crippen LogP) is 1.45. The van der Waals surface area contributed by atoms with E-state index >= 15 is 0 Å². The van der Waals surface area contributed by atoms with Gasteiger partial charge in [-0.1, -0.05) is 6.92 Å². The fourth-order valence-corrected chi connectivity index (χ4v) is 10.7. The van der Waals surface area contributed by atoms with Crippen molar-refractivity contribution in [1.29, 1.82) is 0 Å². The average molecular weight is 450 g/mol. The van der Waals surface area contributed by atoms with Crippen LogP contribution in [0.15, 0.2) is 0 Å². The quantitative estimate of drug-likeness (QED) is 0.614. The Kier molecular flexibility index (Phi) is 4.70. The summed E-state index contributed by atoms with van der Waals surface area (Å²) in [5.41, 5.74) is -1.20. The zero-order chi connectivity index (χ0) is 22.6. The number of methoxy groups -OCH3 is 2. The molecule has 1 aliphatic heterocycles. The fraction of sp³-hybridized carbons (Fsp3) is 0.960. The highest BCUT2D eigenvalue weighted by molar-refractivity contribution is 5.66. The van der Waals surface area contributed by atoms with E-state index in [2.05, 4.69) is 11.8 Å². The number of likely N-dealkylation sites (tertiary alicyclic amines) is 1. The Morgan fingerprint density at radius 2 is 2.00 bits per heavy atom. The number of ether oxygens (including phenoxy) is 3. The molecule has 0 radical (unpaired) electrons. The molecule has 1 heterocycles. The van der Waals surface area contributed by atoms with Gasteiger partial charge in [0.05, 0.1) is 24.4 Å². The van der Waals surface area contributed by atoms with Crippen molar-refractivity contribution in [3.05, 3.63) is 0 Å². The van der Waals surface area contributed by atoms with E-state index in [1.54, 1.807) is 14.2 Å². The van der Waals surface area contributed by atoms with Crippen molar-refractivity contribution in [3.8, 4) is 0 Å². The van der Waals surface area contributed by atoms with Crippen LogP contribution in [0.5, 0.6) is 0 Å². The summed E-state index contributed by atoms with van der Waals surface area (Å²) < 4.78 is 17.7. The molecule has 6 fully saturated rings. The van der Waals surface area contributed by atoms with E-state index in [4.69, 9.17) is 14.2 Å². The van der Waals surface area contributed by atoms with E-state index in [1.807, 2.05) is 0 Å². The lowest BCUT2D eigenvalue weighted by atomic mass is 9.43. The third kappa shape index (κ3) is 2.28. The lowest BCUT2D eigenvalue weighted by molar-refractivity contribution is -0.274. The standard InChI is InChI=1S/C25H39NO6/c1-5-26-11-23(12-30-3)7-6-19(28)25-15-8-14-17(31-4)10-24(29,16(22(25)26)9-18(23)25)20(15)21(14)32-13(2)27/h14-22,28-29H,5-12H2,1-4H3/t14-,15+,16-,17-,18-,19+,20+,21+,22-,23-,24-,25-/m1/s1. The number of carbonyl (C=O) groups excluding carboxylic acids is 1. The maximum atomic E-state index is 12.5. The maximum absolute atomic E-state index is 12.5. The average Bonchev–Trinajstić information content (AvgIpc) is 3.20. The second-order valence-electron chi connectivity index (χ2n) is 11.8. The molecule has 5 aliphatic carbocycles. The van der Waals surface area contributed by atoms with Crippen LogP contribution in [0, 0.1) is 40.4 Å². The van der Waals surface area contributed by atoms with E-state index in [1.165, 1.54) is 6.92 Å². The van der Waals surface area contributed by atoms with Gasteiger partial charge in [-0.3, -0.25) is 9.69 Å². The minimum atomic E-state index is -0.942. The second-order valence-corrected chi connectivity index (χ2v) is 11.8. The van der Waals surface area contributed by atoms with Crippen LogP contribution in [0.25, 0.3) is 0 Å². The van der Waals surface area contributed by atoms with Crippen molar-refractivity contribution in [2.45, 2.75) is 75.9 Å². The number of fused-ring (bicyclic) bond motifs is 2. The lowest BCUT2D eigenvalue weighted by Gasteiger charge is -2.69. The Morgan fingerprint density at radius 3 is 2.66 bits per heavy atom. The highest BCUT2D eigenvalue weighted by atomic mass is 16.5. The van der Waals surface area contributed by atoms with Gasteiger partial charge >= 0.3 is 5.97 Å². The number of piperidine rings is 1. The summed E-state index contributed by atoms with van der Waals surface area (Å²) in [6.45, 7) is 6.27. The van der Waals surface area contributed by atoms with Crippen LogP contribution >= 0.6 is 0 Å². The normalized spacial score (nSPS) is 57.5. The Hall–Kier alpha value is -0.730. The molecule has 7 heteroatoms. The Balaban J connectivity index is 1.56. The van der Waals surface area contributed by atoms with Crippen LogP contribution < -0.4 is 0 Å². The molecule has 1 spiro atoms. The molecule has 180 valence electrons. The summed E-state index contributed by atoms with van der Waals surface area (Å²) in [4.78, 5) is 14.7. The van der Waals surface area contributed by atoms with Crippen LogP contribution in [-0.2, 0) is 19.0 Å². The summed E-state index contributed by atoms with van der Waals surface area (Å²) in [5.74, 6) is 0.164. The van der Waals surface area contributed by atoms with Crippen LogP contribution in [-0.4, -0.2) is 85.0 Å². The third-order valence-electron chi connectivity index (χ3n) is 11.2. The topological polar surface area (TPSA) is 88.5 Å². The van der Waals surface area contributed by atoms with Crippen LogP contribution in [0.4, 0.5) is 0 Å². The van der Waals surface area contributed by atoms with Crippen molar-refractivity contribution in [1.82, 2.24) is 4.90 Å². The summed E-state index contributed by atoms with van der Waals surface area (Å²) >= 11 is 0. The van der Waals surface area contributed by atoms with E-state index in [9.17, 15) is 15.0 Å². The molecule has 2 N–H and O–H groups in total. The molecule has 0 aromatic carbocycles. The van der Waals surface area contributed by atoms with Gasteiger partial charge in [-0.25, -0.2) is 0 Å². The van der Waals surface area contributed by atoms with E-state index in [0.717, 1.165) is 38.8 Å². The zero-order valence-corrected chi connectivity index (χ0v) is 19.8. The second kappa shape index (κ2) is 6.91. The highest BCUT2D eigenvalue weighted by Gasteiger charge is 2.83. The minimum Gasteiger partial charge on any atom is -0.462 e. The molecule has 0 aromatic heterocycles. The van der Waals surface area contributed by atoms with Gasteiger partial charge in [0, 0.05) is 68.7 Å². The summed E-state index contributed by atoms with van der Waals surface area (Å²) in [6, 6.07) is 0.163. The van der Waals surface area contributed by atoms with Crippen LogP contribution in [0.2, 0.25) is 0 Å². The van der Waals surface area contributed by atoms with Gasteiger partial charge in [0.2, 0.25) is 0 Å². The number of aliphatic hydroxyl groups excluding tert-OH is 1. The molecule has 0 amide bonds. The number of carbonyl (C=O) groups is 1. The molecule has 5 saturated carbocycles. The fourth-order valence-electron chi connectivity index (χ4n) is 10.7. The number of nitrogens with zero attached hydrogens (tertiary/aromatic N) is 1. The molecular formula is C25H39NO6. The van der Waals surface area contributed by atoms with Gasteiger partial charge in [0.15, 0.2) is 0 Å². The first-order valence-electron chi connectivity index (χ1n) is 12.6. The van der Waals surface area contributed by atoms with Crippen molar-refractivity contribution in [3.63, 3.8) is 0 Å². The number of hydrogen-bond acceptors (Lipinski definition) is 7. The number of esters is 1. The molecule has 0 unspecified atom stereocenters. The maximum Gasteiger partial charge on any atom is 0.302 e. The zero-order valence-electron chi connectivity index (χ0n) is 19.8. The summed E-state index contributed by atoms with van der Waals surface area (Å²) in [5, 5.41) is 24.4. The van der Waals surface area contributed by atoms with E-state index < -0.39 is 11.7 Å². The smallest absolute Gasteiger partial charge is 0.302 e. The van der Waals surface area contributed by atoms with Gasteiger partial charge in [-0.05, 0) is 44.1 Å². The first-order chi connectivity index (χ1) is 15.3. The van der Waals surface area contributed by atoms with Gasteiger partial charge < -0.3 is 24.4 Å². The molecule has 0 aromatic rings. The molecule has 1 saturated heterocycles. The molecule has 6 rings (SSSR count). The highest BCUT2D eigenvalue weighted by Crippen LogP contribution is 2.79. The van der Waals surface area contributed by atoms with Crippen molar-refractivity contribution in [2.75, 3.05) is 33.9 Å². The Morgan fingerprint density at radius 1 is 1.22 bits per heavy atom. The van der Waals surface area contributed by atoms with Gasteiger partial charge in [0.1, 0.15) is 6.10 Å². The monoisotopic (exact) mass is 449 g/mol. The molecule has 7 nitrogen and oxygen atoms in total. The van der Waals surface area contributed by atoms with Gasteiger partial charge in [-0.2, -0.15) is 0 Å². The minimum absolute atomic E-state index is 0.0138. The van der Waals surface area contributed by atoms with Gasteiger partial charge in [0.25, 0.3) is 0 Å². The molecule has 6 aliphatic rings. The van der Waals surface area contributed by atoms with E-state index in [0.29, 0.717) is 18.9 Å². The summed E-state index contributed by atoms with van der Waals surface area (Å²) in [6.07, 6.45) is 3.27. The summed E-state index contributed by atoms with van der Waals surface area (Å²) in [7, 11) is 3.51. The number of hydrogen-bond donors (Lipinski definition) is 2. The van der Waals surface area contributed by atoms with Crippen LogP contribution in [0.3, 0.4) is 0 Å². The van der Waals surface area contributed by atoms with Gasteiger partial charge in [-0.15, -0.1) is 0 Å². The van der Waals surface area contributed by atoms with Crippen molar-refractivity contribution in [2.24, 2.45) is 40.4 Å². The van der Waals surface area contributed by atoms with Crippen molar-refractivity contribution >= 4 is 5.97 Å². The molecule has 7 bridgehead atoms. The molecular weight excluding hydrogens is 410 g/mol. The third-order valence-corrected chi connectivity index (χ3v) is 11.2. The number of aliphatic hydroxyl groups is 2. The van der Waals surface area contributed by atoms with Crippen molar-refractivity contribution < 1.29 is 29.2 Å². The SMILES string of the molecule is CCN1C[C@@]2(COC)CC[C@H](O)[C@@]34[C@@H]2C[C@H]([C@@H]13)[C@]1(O)C[C@@H](OC)[C@H]2C[C@H]4[C@H]1[C@H]2OC(C)=O.